The third-order valence-electron chi connectivity index (χ3n) is 2.71. The van der Waals surface area contributed by atoms with Gasteiger partial charge in [0.2, 0.25) is 0 Å². The fourth-order valence-corrected chi connectivity index (χ4v) is 1.63. The summed E-state index contributed by atoms with van der Waals surface area (Å²) in [4.78, 5) is 14.7. The fourth-order valence-electron chi connectivity index (χ4n) is 1.63. The molecule has 1 aliphatic rings. The van der Waals surface area contributed by atoms with Crippen LogP contribution in [0.4, 0.5) is 0 Å². The van der Waals surface area contributed by atoms with Gasteiger partial charge in [-0.25, -0.2) is 0 Å². The molecule has 2 heterocycles. The van der Waals surface area contributed by atoms with Gasteiger partial charge in [0.1, 0.15) is 0 Å². The van der Waals surface area contributed by atoms with Crippen molar-refractivity contribution in [2.45, 2.75) is 12.0 Å². The standard InChI is InChI=1S/C11H13NO4/c1-15-11(6-16-7-11)9-3-2-8(5-12-9)4-10(13)14/h2-3,5H,4,6-7H2,1H3,(H,13,14). The first-order valence-electron chi connectivity index (χ1n) is 4.96. The summed E-state index contributed by atoms with van der Waals surface area (Å²) in [7, 11) is 1.62. The fraction of sp³-hybridized carbons (Fsp3) is 0.455. The van der Waals surface area contributed by atoms with Gasteiger partial charge in [0.05, 0.1) is 25.3 Å². The maximum absolute atomic E-state index is 10.5. The Bertz CT molecular complexity index is 378. The van der Waals surface area contributed by atoms with E-state index < -0.39 is 11.6 Å². The topological polar surface area (TPSA) is 68.7 Å². The molecule has 0 saturated carbocycles. The number of rotatable bonds is 4. The Morgan fingerprint density at radius 3 is 2.75 bits per heavy atom. The highest BCUT2D eigenvalue weighted by Crippen LogP contribution is 2.31. The highest BCUT2D eigenvalue weighted by molar-refractivity contribution is 5.69. The molecule has 1 N–H and O–H groups in total. The molecular formula is C11H13NO4. The van der Waals surface area contributed by atoms with Gasteiger partial charge in [-0.1, -0.05) is 6.07 Å². The number of nitrogens with zero attached hydrogens (tertiary/aromatic N) is 1. The molecule has 0 atom stereocenters. The van der Waals surface area contributed by atoms with E-state index in [4.69, 9.17) is 14.6 Å². The van der Waals surface area contributed by atoms with Crippen molar-refractivity contribution in [3.63, 3.8) is 0 Å². The van der Waals surface area contributed by atoms with Crippen LogP contribution in [0.1, 0.15) is 11.3 Å². The van der Waals surface area contributed by atoms with Crippen LogP contribution >= 0.6 is 0 Å². The second-order valence-electron chi connectivity index (χ2n) is 3.81. The largest absolute Gasteiger partial charge is 0.481 e. The molecule has 5 heteroatoms. The van der Waals surface area contributed by atoms with Crippen molar-refractivity contribution in [1.29, 1.82) is 0 Å². The molecule has 0 aromatic carbocycles. The van der Waals surface area contributed by atoms with Gasteiger partial charge in [0.25, 0.3) is 0 Å². The summed E-state index contributed by atoms with van der Waals surface area (Å²) in [5.41, 5.74) is 1.03. The second kappa shape index (κ2) is 4.19. The lowest BCUT2D eigenvalue weighted by Crippen LogP contribution is -2.48. The maximum atomic E-state index is 10.5. The third-order valence-corrected chi connectivity index (χ3v) is 2.71. The smallest absolute Gasteiger partial charge is 0.307 e. The number of hydrogen-bond acceptors (Lipinski definition) is 4. The first-order chi connectivity index (χ1) is 7.66. The summed E-state index contributed by atoms with van der Waals surface area (Å²) >= 11 is 0. The number of hydrogen-bond donors (Lipinski definition) is 1. The van der Waals surface area contributed by atoms with Gasteiger partial charge in [-0.05, 0) is 11.6 Å². The number of ether oxygens (including phenoxy) is 2. The van der Waals surface area contributed by atoms with E-state index in [9.17, 15) is 4.79 Å². The van der Waals surface area contributed by atoms with Crippen LogP contribution < -0.4 is 0 Å². The number of carboxylic acids is 1. The number of aliphatic carboxylic acids is 1. The first-order valence-corrected chi connectivity index (χ1v) is 4.96. The zero-order valence-electron chi connectivity index (χ0n) is 8.97. The molecule has 0 spiro atoms. The van der Waals surface area contributed by atoms with Crippen molar-refractivity contribution in [2.24, 2.45) is 0 Å². The van der Waals surface area contributed by atoms with E-state index in [-0.39, 0.29) is 6.42 Å². The van der Waals surface area contributed by atoms with Gasteiger partial charge < -0.3 is 14.6 Å². The predicted octanol–water partition coefficient (Wildman–Crippen LogP) is 0.581. The molecule has 0 unspecified atom stereocenters. The van der Waals surface area contributed by atoms with Gasteiger partial charge >= 0.3 is 5.97 Å². The number of pyridine rings is 1. The average molecular weight is 223 g/mol. The molecule has 2 rings (SSSR count). The summed E-state index contributed by atoms with van der Waals surface area (Å²) < 4.78 is 10.5. The summed E-state index contributed by atoms with van der Waals surface area (Å²) in [6.07, 6.45) is 1.56. The zero-order valence-corrected chi connectivity index (χ0v) is 8.97. The lowest BCUT2D eigenvalue weighted by atomic mass is 9.96. The van der Waals surface area contributed by atoms with Gasteiger partial charge in [-0.3, -0.25) is 9.78 Å². The van der Waals surface area contributed by atoms with Crippen molar-refractivity contribution >= 4 is 5.97 Å². The van der Waals surface area contributed by atoms with Gasteiger partial charge in [-0.2, -0.15) is 0 Å². The van der Waals surface area contributed by atoms with E-state index in [0.717, 1.165) is 5.69 Å². The summed E-state index contributed by atoms with van der Waals surface area (Å²) in [6, 6.07) is 3.56. The van der Waals surface area contributed by atoms with E-state index in [2.05, 4.69) is 4.98 Å². The predicted molar refractivity (Wildman–Crippen MR) is 55.1 cm³/mol. The molecule has 0 bridgehead atoms. The van der Waals surface area contributed by atoms with E-state index >= 15 is 0 Å². The van der Waals surface area contributed by atoms with Crippen LogP contribution in [0.3, 0.4) is 0 Å². The van der Waals surface area contributed by atoms with Gasteiger partial charge in [0.15, 0.2) is 5.60 Å². The van der Waals surface area contributed by atoms with E-state index in [1.165, 1.54) is 0 Å². The third kappa shape index (κ3) is 1.91. The Hall–Kier alpha value is -1.46. The number of carbonyl (C=O) groups is 1. The Balaban J connectivity index is 2.15. The Labute approximate surface area is 93.0 Å². The van der Waals surface area contributed by atoms with Crippen molar-refractivity contribution in [3.05, 3.63) is 29.6 Å². The molecule has 0 aliphatic carbocycles. The van der Waals surface area contributed by atoms with Crippen molar-refractivity contribution in [3.8, 4) is 0 Å². The quantitative estimate of drug-likeness (QED) is 0.808. The number of methoxy groups -OCH3 is 1. The van der Waals surface area contributed by atoms with E-state index in [0.29, 0.717) is 18.8 Å². The second-order valence-corrected chi connectivity index (χ2v) is 3.81. The minimum Gasteiger partial charge on any atom is -0.481 e. The molecule has 86 valence electrons. The molecule has 1 aromatic rings. The highest BCUT2D eigenvalue weighted by Gasteiger charge is 2.41. The monoisotopic (exact) mass is 223 g/mol. The molecule has 0 radical (unpaired) electrons. The minimum atomic E-state index is -0.858. The Kier molecular flexibility index (Phi) is 2.89. The SMILES string of the molecule is COC1(c2ccc(CC(=O)O)cn2)COC1. The molecule has 1 aromatic heterocycles. The van der Waals surface area contributed by atoms with E-state index in [1.54, 1.807) is 25.4 Å². The van der Waals surface area contributed by atoms with Gasteiger partial charge in [0, 0.05) is 13.3 Å². The molecule has 0 amide bonds. The van der Waals surface area contributed by atoms with Crippen LogP contribution in [0, 0.1) is 0 Å². The maximum Gasteiger partial charge on any atom is 0.307 e. The lowest BCUT2D eigenvalue weighted by molar-refractivity contribution is -0.204. The Morgan fingerprint density at radius 2 is 2.38 bits per heavy atom. The lowest BCUT2D eigenvalue weighted by Gasteiger charge is -2.39. The first kappa shape index (κ1) is 11.0. The number of carboxylic acid groups (broad SMARTS) is 1. The molecule has 1 fully saturated rings. The van der Waals surface area contributed by atoms with Crippen LogP contribution in [0.25, 0.3) is 0 Å². The summed E-state index contributed by atoms with van der Waals surface area (Å²) in [5, 5.41) is 8.63. The van der Waals surface area contributed by atoms with Crippen LogP contribution in [0.15, 0.2) is 18.3 Å². The number of aromatic nitrogens is 1. The highest BCUT2D eigenvalue weighted by atomic mass is 16.6. The molecule has 1 aliphatic heterocycles. The van der Waals surface area contributed by atoms with Crippen LogP contribution in [0.5, 0.6) is 0 Å². The summed E-state index contributed by atoms with van der Waals surface area (Å²) in [5.74, 6) is -0.858. The molecule has 1 saturated heterocycles. The van der Waals surface area contributed by atoms with Gasteiger partial charge in [-0.15, -0.1) is 0 Å². The van der Waals surface area contributed by atoms with Crippen molar-refractivity contribution < 1.29 is 19.4 Å². The van der Waals surface area contributed by atoms with E-state index in [1.807, 2.05) is 0 Å². The zero-order chi connectivity index (χ0) is 11.6. The van der Waals surface area contributed by atoms with Crippen LogP contribution in [-0.2, 0) is 26.3 Å². The normalized spacial score (nSPS) is 17.8. The van der Waals surface area contributed by atoms with Crippen molar-refractivity contribution in [1.82, 2.24) is 4.98 Å². The Morgan fingerprint density at radius 1 is 1.62 bits per heavy atom. The van der Waals surface area contributed by atoms with Crippen molar-refractivity contribution in [2.75, 3.05) is 20.3 Å². The van der Waals surface area contributed by atoms with Crippen LogP contribution in [-0.4, -0.2) is 36.4 Å². The van der Waals surface area contributed by atoms with Crippen LogP contribution in [0.2, 0.25) is 0 Å². The molecule has 5 nitrogen and oxygen atoms in total. The summed E-state index contributed by atoms with van der Waals surface area (Å²) in [6.45, 7) is 0.990. The molecular weight excluding hydrogens is 210 g/mol. The average Bonchev–Trinajstić information content (AvgIpc) is 2.19. The molecule has 16 heavy (non-hydrogen) atoms. The minimum absolute atomic E-state index is 0.0102.